The van der Waals surface area contributed by atoms with Crippen LogP contribution in [0.1, 0.15) is 64.7 Å². The molecule has 1 aliphatic heterocycles. The maximum absolute atomic E-state index is 12.8. The molecule has 5 nitrogen and oxygen atoms in total. The monoisotopic (exact) mass is 335 g/mol. The fourth-order valence-corrected chi connectivity index (χ4v) is 6.28. The number of hydrogen-bond donors (Lipinski definition) is 1. The van der Waals surface area contributed by atoms with Crippen LogP contribution in [-0.4, -0.2) is 46.7 Å². The number of nitrogens with zero attached hydrogens (tertiary/aromatic N) is 1. The van der Waals surface area contributed by atoms with Gasteiger partial charge in [-0.05, 0) is 76.5 Å². The molecule has 4 saturated carbocycles. The molecule has 1 N–H and O–H groups in total. The quantitative estimate of drug-likeness (QED) is 0.804. The zero-order valence-corrected chi connectivity index (χ0v) is 14.6. The predicted molar refractivity (Wildman–Crippen MR) is 88.0 cm³/mol. The van der Waals surface area contributed by atoms with Crippen molar-refractivity contribution in [3.63, 3.8) is 0 Å². The van der Waals surface area contributed by atoms with Gasteiger partial charge in [0.2, 0.25) is 0 Å². The maximum atomic E-state index is 12.8. The molecule has 4 aliphatic carbocycles. The average Bonchev–Trinajstić information content (AvgIpc) is 2.50. The lowest BCUT2D eigenvalue weighted by atomic mass is 9.48. The third-order valence-electron chi connectivity index (χ3n) is 6.91. The molecule has 1 heterocycles. The van der Waals surface area contributed by atoms with E-state index >= 15 is 0 Å². The van der Waals surface area contributed by atoms with Crippen LogP contribution in [-0.2, 0) is 14.3 Å². The van der Waals surface area contributed by atoms with Crippen molar-refractivity contribution >= 4 is 11.9 Å². The predicted octanol–water partition coefficient (Wildman–Crippen LogP) is 2.26. The van der Waals surface area contributed by atoms with Crippen LogP contribution in [0.2, 0.25) is 0 Å². The fourth-order valence-electron chi connectivity index (χ4n) is 6.28. The van der Waals surface area contributed by atoms with Crippen molar-refractivity contribution in [2.75, 3.05) is 13.2 Å². The Morgan fingerprint density at radius 2 is 1.88 bits per heavy atom. The van der Waals surface area contributed by atoms with Crippen LogP contribution in [0.3, 0.4) is 0 Å². The van der Waals surface area contributed by atoms with Crippen LogP contribution in [0.15, 0.2) is 0 Å². The van der Waals surface area contributed by atoms with Gasteiger partial charge in [0.25, 0.3) is 5.91 Å². The molecule has 5 fully saturated rings. The van der Waals surface area contributed by atoms with Crippen molar-refractivity contribution in [3.8, 4) is 0 Å². The second kappa shape index (κ2) is 5.72. The summed E-state index contributed by atoms with van der Waals surface area (Å²) in [5, 5.41) is 10.7. The highest BCUT2D eigenvalue weighted by Crippen LogP contribution is 2.61. The van der Waals surface area contributed by atoms with Gasteiger partial charge >= 0.3 is 5.97 Å². The Morgan fingerprint density at radius 3 is 2.50 bits per heavy atom. The summed E-state index contributed by atoms with van der Waals surface area (Å²) < 4.78 is 5.49. The molecule has 5 rings (SSSR count). The zero-order valence-electron chi connectivity index (χ0n) is 14.6. The summed E-state index contributed by atoms with van der Waals surface area (Å²) in [5.74, 6) is 0.579. The number of carbonyl (C=O) groups excluding carboxylic acids is 2. The van der Waals surface area contributed by atoms with Crippen molar-refractivity contribution < 1.29 is 19.4 Å². The first kappa shape index (κ1) is 16.4. The standard InChI is InChI=1S/C19H29NO4/c1-13-4-2-3-5-20(13)16(21)11-24-17(22)18-7-14-6-15(8-18)10-19(23,9-14)12-18/h13-15,23H,2-12H2,1H3/t13-,14+,15+,18?,19?/m1/s1. The van der Waals surface area contributed by atoms with E-state index in [4.69, 9.17) is 4.74 Å². The molecule has 0 aromatic carbocycles. The molecule has 134 valence electrons. The first-order valence-corrected chi connectivity index (χ1v) is 9.58. The lowest BCUT2D eigenvalue weighted by molar-refractivity contribution is -0.197. The van der Waals surface area contributed by atoms with Crippen molar-refractivity contribution in [1.82, 2.24) is 4.90 Å². The van der Waals surface area contributed by atoms with Gasteiger partial charge in [-0.2, -0.15) is 0 Å². The van der Waals surface area contributed by atoms with Crippen LogP contribution in [0.5, 0.6) is 0 Å². The highest BCUT2D eigenvalue weighted by Gasteiger charge is 2.60. The highest BCUT2D eigenvalue weighted by atomic mass is 16.5. The van der Waals surface area contributed by atoms with Crippen molar-refractivity contribution in [2.45, 2.75) is 76.4 Å². The van der Waals surface area contributed by atoms with E-state index in [0.717, 1.165) is 57.9 Å². The number of carbonyl (C=O) groups is 2. The summed E-state index contributed by atoms with van der Waals surface area (Å²) in [6.07, 6.45) is 8.23. The first-order valence-electron chi connectivity index (χ1n) is 9.58. The molecule has 1 amide bonds. The summed E-state index contributed by atoms with van der Waals surface area (Å²) in [5.41, 5.74) is -1.21. The van der Waals surface area contributed by atoms with E-state index in [1.165, 1.54) is 0 Å². The molecule has 0 aromatic rings. The Morgan fingerprint density at radius 1 is 1.17 bits per heavy atom. The Balaban J connectivity index is 1.39. The number of ether oxygens (including phenoxy) is 1. The van der Waals surface area contributed by atoms with Gasteiger partial charge in [-0.3, -0.25) is 9.59 Å². The number of hydrogen-bond acceptors (Lipinski definition) is 4. The van der Waals surface area contributed by atoms with Crippen LogP contribution in [0.4, 0.5) is 0 Å². The smallest absolute Gasteiger partial charge is 0.312 e. The van der Waals surface area contributed by atoms with Gasteiger partial charge in [0.05, 0.1) is 11.0 Å². The lowest BCUT2D eigenvalue weighted by Gasteiger charge is -2.58. The second-order valence-electron chi connectivity index (χ2n) is 8.97. The number of rotatable bonds is 3. The molecule has 0 aromatic heterocycles. The Kier molecular flexibility index (Phi) is 3.90. The van der Waals surface area contributed by atoms with E-state index in [9.17, 15) is 14.7 Å². The Bertz CT molecular complexity index is 531. The van der Waals surface area contributed by atoms with Gasteiger partial charge in [0.15, 0.2) is 6.61 Å². The van der Waals surface area contributed by atoms with Crippen LogP contribution >= 0.6 is 0 Å². The first-order chi connectivity index (χ1) is 11.4. The van der Waals surface area contributed by atoms with Gasteiger partial charge < -0.3 is 14.7 Å². The van der Waals surface area contributed by atoms with E-state index in [1.54, 1.807) is 0 Å². The van der Waals surface area contributed by atoms with Crippen molar-refractivity contribution in [2.24, 2.45) is 17.3 Å². The molecule has 5 aliphatic rings. The summed E-state index contributed by atoms with van der Waals surface area (Å²) >= 11 is 0. The van der Waals surface area contributed by atoms with E-state index < -0.39 is 11.0 Å². The molecule has 0 unspecified atom stereocenters. The molecular weight excluding hydrogens is 306 g/mol. The lowest BCUT2D eigenvalue weighted by Crippen LogP contribution is -2.58. The molecule has 0 radical (unpaired) electrons. The van der Waals surface area contributed by atoms with E-state index in [2.05, 4.69) is 6.92 Å². The largest absolute Gasteiger partial charge is 0.455 e. The summed E-state index contributed by atoms with van der Waals surface area (Å²) in [4.78, 5) is 27.1. The number of esters is 1. The molecular formula is C19H29NO4. The third kappa shape index (κ3) is 2.75. The summed E-state index contributed by atoms with van der Waals surface area (Å²) in [6, 6.07) is 0.241. The minimum atomic E-state index is -0.672. The van der Waals surface area contributed by atoms with E-state index in [1.807, 2.05) is 4.90 Å². The van der Waals surface area contributed by atoms with Gasteiger partial charge in [0.1, 0.15) is 0 Å². The molecule has 1 saturated heterocycles. The summed E-state index contributed by atoms with van der Waals surface area (Å²) in [7, 11) is 0. The molecule has 0 spiro atoms. The Labute approximate surface area is 143 Å². The van der Waals surface area contributed by atoms with Gasteiger partial charge in [-0.25, -0.2) is 0 Å². The van der Waals surface area contributed by atoms with Gasteiger partial charge in [-0.15, -0.1) is 0 Å². The Hall–Kier alpha value is -1.10. The zero-order chi connectivity index (χ0) is 16.9. The molecule has 4 bridgehead atoms. The number of piperidine rings is 1. The van der Waals surface area contributed by atoms with E-state index in [0.29, 0.717) is 18.3 Å². The minimum Gasteiger partial charge on any atom is -0.455 e. The van der Waals surface area contributed by atoms with Gasteiger partial charge in [0, 0.05) is 12.6 Å². The van der Waals surface area contributed by atoms with Gasteiger partial charge in [-0.1, -0.05) is 0 Å². The molecule has 24 heavy (non-hydrogen) atoms. The molecule has 3 atom stereocenters. The van der Waals surface area contributed by atoms with Crippen molar-refractivity contribution in [3.05, 3.63) is 0 Å². The number of amides is 1. The minimum absolute atomic E-state index is 0.0704. The average molecular weight is 335 g/mol. The highest BCUT2D eigenvalue weighted by molar-refractivity contribution is 5.83. The van der Waals surface area contributed by atoms with Crippen LogP contribution < -0.4 is 0 Å². The fraction of sp³-hybridized carbons (Fsp3) is 0.895. The van der Waals surface area contributed by atoms with Crippen LogP contribution in [0, 0.1) is 17.3 Å². The molecule has 5 heteroatoms. The second-order valence-corrected chi connectivity index (χ2v) is 8.97. The van der Waals surface area contributed by atoms with Crippen LogP contribution in [0.25, 0.3) is 0 Å². The maximum Gasteiger partial charge on any atom is 0.312 e. The number of likely N-dealkylation sites (tertiary alicyclic amines) is 1. The van der Waals surface area contributed by atoms with E-state index in [-0.39, 0.29) is 24.5 Å². The SMILES string of the molecule is C[C@@H]1CCCCN1C(=O)COC(=O)C12C[C@@H]3C[C@H](CC(O)(C3)C1)C2. The third-order valence-corrected chi connectivity index (χ3v) is 6.91. The summed E-state index contributed by atoms with van der Waals surface area (Å²) in [6.45, 7) is 2.69. The normalized spacial score (nSPS) is 43.8. The topological polar surface area (TPSA) is 66.8 Å². The number of aliphatic hydroxyl groups is 1. The van der Waals surface area contributed by atoms with Crippen molar-refractivity contribution in [1.29, 1.82) is 0 Å².